The Labute approximate surface area is 239 Å². The van der Waals surface area contributed by atoms with Crippen LogP contribution in [0.2, 0.25) is 5.02 Å². The minimum atomic E-state index is -1.69. The number of rotatable bonds is 4. The summed E-state index contributed by atoms with van der Waals surface area (Å²) in [5.41, 5.74) is 3.51. The Balaban J connectivity index is 1.93. The molecule has 2 atom stereocenters. The van der Waals surface area contributed by atoms with Crippen molar-refractivity contribution in [3.05, 3.63) is 68.4 Å². The Bertz CT molecular complexity index is 1720. The zero-order valence-electron chi connectivity index (χ0n) is 23.2. The fourth-order valence-electron chi connectivity index (χ4n) is 5.70. The van der Waals surface area contributed by atoms with Crippen LogP contribution in [0.4, 0.5) is 29.1 Å². The minimum absolute atomic E-state index is 0.0703. The molecule has 1 fully saturated rings. The zero-order valence-corrected chi connectivity index (χ0v) is 24.0. The van der Waals surface area contributed by atoms with E-state index in [0.717, 1.165) is 12.5 Å². The molecule has 0 amide bonds. The molecule has 1 aliphatic heterocycles. The maximum atomic E-state index is 15.9. The number of aromatic nitrogens is 4. The molecule has 216 valence electrons. The van der Waals surface area contributed by atoms with Crippen LogP contribution in [0.5, 0.6) is 0 Å². The predicted octanol–water partition coefficient (Wildman–Crippen LogP) is 6.55. The molecule has 0 radical (unpaired) electrons. The summed E-state index contributed by atoms with van der Waals surface area (Å²) < 4.78 is 61.0. The van der Waals surface area contributed by atoms with Gasteiger partial charge in [0.1, 0.15) is 17.2 Å². The number of anilines is 2. The molecule has 41 heavy (non-hydrogen) atoms. The summed E-state index contributed by atoms with van der Waals surface area (Å²) in [7, 11) is 0. The lowest BCUT2D eigenvalue weighted by molar-refractivity contribution is 0.355. The summed E-state index contributed by atoms with van der Waals surface area (Å²) in [6, 6.07) is 2.77. The summed E-state index contributed by atoms with van der Waals surface area (Å²) >= 11 is 5.98. The average Bonchev–Trinajstić information content (AvgIpc) is 2.91. The second-order valence-corrected chi connectivity index (χ2v) is 11.5. The summed E-state index contributed by atoms with van der Waals surface area (Å²) in [5, 5.41) is -0.848. The highest BCUT2D eigenvalue weighted by Crippen LogP contribution is 2.40. The number of fused-ring (bicyclic) bond motifs is 1. The molecule has 4 aromatic rings. The summed E-state index contributed by atoms with van der Waals surface area (Å²) in [4.78, 5) is 29.0. The Kier molecular flexibility index (Phi) is 7.44. The largest absolute Gasteiger partial charge is 0.394 e. The van der Waals surface area contributed by atoms with E-state index in [0.29, 0.717) is 30.0 Å². The maximum Gasteiger partial charge on any atom is 0.355 e. The molecule has 0 spiro atoms. The van der Waals surface area contributed by atoms with E-state index in [1.807, 2.05) is 18.7 Å². The lowest BCUT2D eigenvalue weighted by Crippen LogP contribution is -2.40. The molecule has 1 saturated heterocycles. The van der Waals surface area contributed by atoms with Crippen LogP contribution in [0.25, 0.3) is 28.0 Å². The predicted molar refractivity (Wildman–Crippen MR) is 152 cm³/mol. The number of pyridine rings is 2. The monoisotopic (exact) mass is 588 g/mol. The summed E-state index contributed by atoms with van der Waals surface area (Å²) in [5.74, 6) is -5.24. The third kappa shape index (κ3) is 4.79. The van der Waals surface area contributed by atoms with Crippen molar-refractivity contribution in [2.75, 3.05) is 23.7 Å². The van der Waals surface area contributed by atoms with Gasteiger partial charge in [0.25, 0.3) is 0 Å². The van der Waals surface area contributed by atoms with Crippen LogP contribution < -0.4 is 16.3 Å². The molecule has 1 aliphatic rings. The fourth-order valence-corrected chi connectivity index (χ4v) is 5.96. The molecular weight excluding hydrogens is 560 g/mol. The molecule has 0 aliphatic carbocycles. The van der Waals surface area contributed by atoms with E-state index < -0.39 is 50.9 Å². The zero-order chi connectivity index (χ0) is 29.9. The van der Waals surface area contributed by atoms with Crippen molar-refractivity contribution in [3.8, 4) is 16.9 Å². The molecule has 0 unspecified atom stereocenters. The summed E-state index contributed by atoms with van der Waals surface area (Å²) in [6.45, 7) is 10.9. The van der Waals surface area contributed by atoms with E-state index in [-0.39, 0.29) is 34.6 Å². The topological polar surface area (TPSA) is 89.9 Å². The number of hydrogen-bond acceptors (Lipinski definition) is 6. The van der Waals surface area contributed by atoms with Gasteiger partial charge in [-0.1, -0.05) is 39.3 Å². The van der Waals surface area contributed by atoms with E-state index in [2.05, 4.69) is 28.8 Å². The van der Waals surface area contributed by atoms with Crippen LogP contribution in [-0.2, 0) is 0 Å². The van der Waals surface area contributed by atoms with Crippen LogP contribution in [-0.4, -0.2) is 32.6 Å². The van der Waals surface area contributed by atoms with Crippen LogP contribution >= 0.6 is 11.6 Å². The standard InChI is InChI=1S/C29H29ClF4N6O/c1-12(2)24-26(15(5)6-7-36-24)40-28-16(27(38-29(40)41)39-10-13(3)8-14(4)11-39)9-17(31)25(37-28)18-19(30)21(33)22(34)23(35)20(18)32/h6-7,9,12-14H,8,10-11,35H2,1-5H3/t13-,14+. The Morgan fingerprint density at radius 3 is 2.34 bits per heavy atom. The number of benzene rings is 1. The molecule has 4 heterocycles. The van der Waals surface area contributed by atoms with Gasteiger partial charge in [-0.25, -0.2) is 31.9 Å². The van der Waals surface area contributed by atoms with Gasteiger partial charge in [-0.2, -0.15) is 4.98 Å². The van der Waals surface area contributed by atoms with E-state index in [4.69, 9.17) is 17.3 Å². The number of nitrogens with zero attached hydrogens (tertiary/aromatic N) is 5. The molecular formula is C29H29ClF4N6O. The lowest BCUT2D eigenvalue weighted by atomic mass is 9.92. The van der Waals surface area contributed by atoms with Gasteiger partial charge < -0.3 is 10.6 Å². The smallest absolute Gasteiger partial charge is 0.355 e. The minimum Gasteiger partial charge on any atom is -0.394 e. The lowest BCUT2D eigenvalue weighted by Gasteiger charge is -2.36. The molecule has 1 aromatic carbocycles. The Morgan fingerprint density at radius 1 is 1.05 bits per heavy atom. The highest BCUT2D eigenvalue weighted by atomic mass is 35.5. The van der Waals surface area contributed by atoms with Gasteiger partial charge in [-0.15, -0.1) is 0 Å². The molecule has 5 rings (SSSR count). The molecule has 2 N–H and O–H groups in total. The SMILES string of the molecule is Cc1ccnc(C(C)C)c1-n1c(=O)nc(N2C[C@H](C)C[C@H](C)C2)c2cc(F)c(-c3c(F)c(N)c(F)c(F)c3Cl)nc21. The van der Waals surface area contributed by atoms with Gasteiger partial charge in [0.05, 0.1) is 27.4 Å². The second kappa shape index (κ2) is 10.6. The molecule has 12 heteroatoms. The third-order valence-corrected chi connectivity index (χ3v) is 7.78. The first-order chi connectivity index (χ1) is 19.3. The number of nitrogens with two attached hydrogens (primary N) is 1. The Morgan fingerprint density at radius 2 is 1.71 bits per heavy atom. The first kappa shape index (κ1) is 28.8. The second-order valence-electron chi connectivity index (χ2n) is 11.2. The number of aryl methyl sites for hydroxylation is 1. The van der Waals surface area contributed by atoms with E-state index in [9.17, 15) is 13.6 Å². The van der Waals surface area contributed by atoms with Crippen molar-refractivity contribution in [2.45, 2.75) is 47.0 Å². The van der Waals surface area contributed by atoms with Crippen molar-refractivity contribution in [1.29, 1.82) is 0 Å². The van der Waals surface area contributed by atoms with Crippen LogP contribution in [0, 0.1) is 42.0 Å². The van der Waals surface area contributed by atoms with Crippen molar-refractivity contribution < 1.29 is 17.6 Å². The first-order valence-electron chi connectivity index (χ1n) is 13.3. The highest BCUT2D eigenvalue weighted by molar-refractivity contribution is 6.33. The quantitative estimate of drug-likeness (QED) is 0.126. The number of nitrogen functional groups attached to an aromatic ring is 1. The van der Waals surface area contributed by atoms with Gasteiger partial charge in [0.15, 0.2) is 28.9 Å². The Hall–Kier alpha value is -3.73. The summed E-state index contributed by atoms with van der Waals surface area (Å²) in [6.07, 6.45) is 2.58. The van der Waals surface area contributed by atoms with Crippen molar-refractivity contribution in [1.82, 2.24) is 19.5 Å². The van der Waals surface area contributed by atoms with Crippen molar-refractivity contribution in [2.24, 2.45) is 11.8 Å². The van der Waals surface area contributed by atoms with Crippen LogP contribution in [0.1, 0.15) is 51.3 Å². The van der Waals surface area contributed by atoms with Crippen molar-refractivity contribution in [3.63, 3.8) is 0 Å². The average molecular weight is 589 g/mol. The van der Waals surface area contributed by atoms with Crippen LogP contribution in [0.15, 0.2) is 23.1 Å². The highest BCUT2D eigenvalue weighted by Gasteiger charge is 2.31. The number of hydrogen-bond donors (Lipinski definition) is 1. The maximum absolute atomic E-state index is 15.9. The number of piperidine rings is 1. The molecule has 0 bridgehead atoms. The van der Waals surface area contributed by atoms with E-state index in [1.165, 1.54) is 4.57 Å². The van der Waals surface area contributed by atoms with Gasteiger partial charge >= 0.3 is 5.69 Å². The molecule has 0 saturated carbocycles. The number of halogens is 5. The van der Waals surface area contributed by atoms with E-state index in [1.54, 1.807) is 19.2 Å². The van der Waals surface area contributed by atoms with Gasteiger partial charge in [0, 0.05) is 19.3 Å². The molecule has 3 aromatic heterocycles. The van der Waals surface area contributed by atoms with Crippen molar-refractivity contribution >= 4 is 34.1 Å². The van der Waals surface area contributed by atoms with E-state index >= 15 is 8.78 Å². The fraction of sp³-hybridized carbons (Fsp3) is 0.379. The first-order valence-corrected chi connectivity index (χ1v) is 13.6. The normalized spacial score (nSPS) is 17.6. The van der Waals surface area contributed by atoms with Crippen LogP contribution in [0.3, 0.4) is 0 Å². The van der Waals surface area contributed by atoms with Gasteiger partial charge in [-0.05, 0) is 48.8 Å². The molecule has 7 nitrogen and oxygen atoms in total. The van der Waals surface area contributed by atoms with Gasteiger partial charge in [0.2, 0.25) is 0 Å². The van der Waals surface area contributed by atoms with Gasteiger partial charge in [-0.3, -0.25) is 4.98 Å². The third-order valence-electron chi connectivity index (χ3n) is 7.43.